The van der Waals surface area contributed by atoms with Gasteiger partial charge < -0.3 is 20.1 Å². The SMILES string of the molecule is Cl.O=C(NCCOCC1CC1)C1CNCCO1. The van der Waals surface area contributed by atoms with Crippen LogP contribution in [0.25, 0.3) is 0 Å². The lowest BCUT2D eigenvalue weighted by atomic mass is 10.3. The summed E-state index contributed by atoms with van der Waals surface area (Å²) in [6.45, 7) is 4.06. The van der Waals surface area contributed by atoms with Crippen molar-refractivity contribution in [1.82, 2.24) is 10.6 Å². The van der Waals surface area contributed by atoms with E-state index in [2.05, 4.69) is 10.6 Å². The highest BCUT2D eigenvalue weighted by Crippen LogP contribution is 2.28. The number of hydrogen-bond donors (Lipinski definition) is 2. The number of carbonyl (C=O) groups is 1. The summed E-state index contributed by atoms with van der Waals surface area (Å²) in [6, 6.07) is 0. The van der Waals surface area contributed by atoms with Gasteiger partial charge in [0.25, 0.3) is 5.91 Å². The third-order valence-electron chi connectivity index (χ3n) is 2.82. The maximum atomic E-state index is 11.6. The van der Waals surface area contributed by atoms with Gasteiger partial charge in [-0.1, -0.05) is 0 Å². The smallest absolute Gasteiger partial charge is 0.250 e. The first kappa shape index (κ1) is 14.7. The molecule has 17 heavy (non-hydrogen) atoms. The van der Waals surface area contributed by atoms with E-state index < -0.39 is 0 Å². The number of morpholine rings is 1. The molecule has 2 fully saturated rings. The van der Waals surface area contributed by atoms with Crippen LogP contribution in [-0.2, 0) is 14.3 Å². The summed E-state index contributed by atoms with van der Waals surface area (Å²) in [5, 5.41) is 5.94. The minimum absolute atomic E-state index is 0. The molecule has 1 unspecified atom stereocenters. The summed E-state index contributed by atoms with van der Waals surface area (Å²) in [7, 11) is 0. The van der Waals surface area contributed by atoms with Gasteiger partial charge in [-0.25, -0.2) is 0 Å². The Morgan fingerprint density at radius 2 is 2.29 bits per heavy atom. The van der Waals surface area contributed by atoms with Crippen LogP contribution in [0.2, 0.25) is 0 Å². The van der Waals surface area contributed by atoms with Gasteiger partial charge in [0.1, 0.15) is 6.10 Å². The van der Waals surface area contributed by atoms with Gasteiger partial charge in [-0.15, -0.1) is 12.4 Å². The zero-order chi connectivity index (χ0) is 11.2. The number of halogens is 1. The van der Waals surface area contributed by atoms with Crippen molar-refractivity contribution in [3.8, 4) is 0 Å². The van der Waals surface area contributed by atoms with Crippen LogP contribution in [0.3, 0.4) is 0 Å². The van der Waals surface area contributed by atoms with Crippen LogP contribution in [0.5, 0.6) is 0 Å². The lowest BCUT2D eigenvalue weighted by Crippen LogP contribution is -2.48. The summed E-state index contributed by atoms with van der Waals surface area (Å²) >= 11 is 0. The highest BCUT2D eigenvalue weighted by Gasteiger charge is 2.22. The predicted molar refractivity (Wildman–Crippen MR) is 66.4 cm³/mol. The maximum absolute atomic E-state index is 11.6. The van der Waals surface area contributed by atoms with Gasteiger partial charge in [0, 0.05) is 26.2 Å². The van der Waals surface area contributed by atoms with E-state index in [1.165, 1.54) is 12.8 Å². The topological polar surface area (TPSA) is 59.6 Å². The molecule has 1 heterocycles. The van der Waals surface area contributed by atoms with Crippen molar-refractivity contribution >= 4 is 18.3 Å². The van der Waals surface area contributed by atoms with Gasteiger partial charge in [0.05, 0.1) is 13.2 Å². The molecule has 1 atom stereocenters. The molecule has 0 bridgehead atoms. The molecule has 100 valence electrons. The summed E-state index contributed by atoms with van der Waals surface area (Å²) in [4.78, 5) is 11.6. The molecule has 0 aromatic heterocycles. The Hall–Kier alpha value is -0.360. The fourth-order valence-electron chi connectivity index (χ4n) is 1.63. The molecule has 2 aliphatic rings. The van der Waals surface area contributed by atoms with E-state index in [9.17, 15) is 4.79 Å². The maximum Gasteiger partial charge on any atom is 0.250 e. The van der Waals surface area contributed by atoms with Gasteiger partial charge in [0.15, 0.2) is 0 Å². The number of rotatable bonds is 6. The molecule has 2 N–H and O–H groups in total. The minimum atomic E-state index is -0.336. The Bertz CT molecular complexity index is 231. The quantitative estimate of drug-likeness (QED) is 0.660. The van der Waals surface area contributed by atoms with Crippen LogP contribution in [-0.4, -0.2) is 51.5 Å². The highest BCUT2D eigenvalue weighted by atomic mass is 35.5. The van der Waals surface area contributed by atoms with E-state index in [0.29, 0.717) is 26.3 Å². The number of amides is 1. The molecule has 1 amide bonds. The van der Waals surface area contributed by atoms with Crippen molar-refractivity contribution in [2.45, 2.75) is 18.9 Å². The molecule has 2 rings (SSSR count). The van der Waals surface area contributed by atoms with Gasteiger partial charge in [0.2, 0.25) is 0 Å². The molecule has 0 aromatic carbocycles. The first-order valence-corrected chi connectivity index (χ1v) is 6.04. The van der Waals surface area contributed by atoms with Crippen molar-refractivity contribution in [1.29, 1.82) is 0 Å². The lowest BCUT2D eigenvalue weighted by Gasteiger charge is -2.22. The lowest BCUT2D eigenvalue weighted by molar-refractivity contribution is -0.134. The first-order chi connectivity index (χ1) is 7.86. The normalized spacial score (nSPS) is 23.9. The van der Waals surface area contributed by atoms with Crippen molar-refractivity contribution in [2.75, 3.05) is 39.5 Å². The standard InChI is InChI=1S/C11H20N2O3.ClH/c14-11(10-7-12-3-6-16-10)13-4-5-15-8-9-1-2-9;/h9-10,12H,1-8H2,(H,13,14);1H. The second-order valence-corrected chi connectivity index (χ2v) is 4.37. The third kappa shape index (κ3) is 5.68. The summed E-state index contributed by atoms with van der Waals surface area (Å²) in [5.41, 5.74) is 0. The molecule has 5 nitrogen and oxygen atoms in total. The zero-order valence-corrected chi connectivity index (χ0v) is 10.8. The fraction of sp³-hybridized carbons (Fsp3) is 0.909. The van der Waals surface area contributed by atoms with E-state index in [1.54, 1.807) is 0 Å². The molecule has 6 heteroatoms. The molecule has 1 aliphatic heterocycles. The molecule has 0 radical (unpaired) electrons. The van der Waals surface area contributed by atoms with Crippen LogP contribution >= 0.6 is 12.4 Å². The monoisotopic (exact) mass is 264 g/mol. The number of ether oxygens (including phenoxy) is 2. The van der Waals surface area contributed by atoms with Crippen molar-refractivity contribution in [2.24, 2.45) is 5.92 Å². The Balaban J connectivity index is 0.00000144. The highest BCUT2D eigenvalue weighted by molar-refractivity contribution is 5.85. The molecular weight excluding hydrogens is 244 g/mol. The second kappa shape index (κ2) is 7.87. The van der Waals surface area contributed by atoms with E-state index >= 15 is 0 Å². The largest absolute Gasteiger partial charge is 0.379 e. The van der Waals surface area contributed by atoms with Gasteiger partial charge in [-0.05, 0) is 18.8 Å². The number of carbonyl (C=O) groups excluding carboxylic acids is 1. The molecule has 1 saturated carbocycles. The summed E-state index contributed by atoms with van der Waals surface area (Å²) in [6.07, 6.45) is 2.26. The van der Waals surface area contributed by atoms with Crippen LogP contribution in [0.4, 0.5) is 0 Å². The molecule has 0 spiro atoms. The minimum Gasteiger partial charge on any atom is -0.379 e. The zero-order valence-electron chi connectivity index (χ0n) is 9.94. The fourth-order valence-corrected chi connectivity index (χ4v) is 1.63. The van der Waals surface area contributed by atoms with Gasteiger partial charge in [-0.2, -0.15) is 0 Å². The number of hydrogen-bond acceptors (Lipinski definition) is 4. The van der Waals surface area contributed by atoms with E-state index in [0.717, 1.165) is 19.1 Å². The Labute approximate surface area is 108 Å². The van der Waals surface area contributed by atoms with Gasteiger partial charge in [-0.3, -0.25) is 4.79 Å². The average Bonchev–Trinajstić information content (AvgIpc) is 3.13. The van der Waals surface area contributed by atoms with Crippen LogP contribution in [0, 0.1) is 5.92 Å². The van der Waals surface area contributed by atoms with E-state index in [1.807, 2.05) is 0 Å². The van der Waals surface area contributed by atoms with Gasteiger partial charge >= 0.3 is 0 Å². The Kier molecular flexibility index (Phi) is 6.80. The summed E-state index contributed by atoms with van der Waals surface area (Å²) < 4.78 is 10.8. The van der Waals surface area contributed by atoms with Crippen molar-refractivity contribution < 1.29 is 14.3 Å². The molecule has 1 aliphatic carbocycles. The van der Waals surface area contributed by atoms with E-state index in [4.69, 9.17) is 9.47 Å². The second-order valence-electron chi connectivity index (χ2n) is 4.37. The number of nitrogens with one attached hydrogen (secondary N) is 2. The molecule has 1 saturated heterocycles. The van der Waals surface area contributed by atoms with E-state index in [-0.39, 0.29) is 24.4 Å². The Morgan fingerprint density at radius 3 is 2.94 bits per heavy atom. The van der Waals surface area contributed by atoms with Crippen molar-refractivity contribution in [3.63, 3.8) is 0 Å². The third-order valence-corrected chi connectivity index (χ3v) is 2.82. The first-order valence-electron chi connectivity index (χ1n) is 6.04. The molecular formula is C11H21ClN2O3. The van der Waals surface area contributed by atoms with Crippen molar-refractivity contribution in [3.05, 3.63) is 0 Å². The molecule has 0 aromatic rings. The van der Waals surface area contributed by atoms with Crippen LogP contribution in [0.1, 0.15) is 12.8 Å². The summed E-state index contributed by atoms with van der Waals surface area (Å²) in [5.74, 6) is 0.740. The van der Waals surface area contributed by atoms with Crippen LogP contribution in [0.15, 0.2) is 0 Å². The Morgan fingerprint density at radius 1 is 1.47 bits per heavy atom. The van der Waals surface area contributed by atoms with Crippen LogP contribution < -0.4 is 10.6 Å². The predicted octanol–water partition coefficient (Wildman–Crippen LogP) is -0.0606. The average molecular weight is 265 g/mol.